The number of halogens is 2. The van der Waals surface area contributed by atoms with E-state index in [9.17, 15) is 8.42 Å². The van der Waals surface area contributed by atoms with E-state index in [1.807, 2.05) is 0 Å². The number of aromatic nitrogens is 3. The molecule has 2 aromatic rings. The molecule has 1 heterocycles. The van der Waals surface area contributed by atoms with Gasteiger partial charge in [0.2, 0.25) is 10.0 Å². The third-order valence-electron chi connectivity index (χ3n) is 2.22. The Labute approximate surface area is 122 Å². The van der Waals surface area contributed by atoms with Crippen molar-refractivity contribution in [1.29, 1.82) is 0 Å². The Morgan fingerprint density at radius 3 is 2.84 bits per heavy atom. The van der Waals surface area contributed by atoms with E-state index in [0.717, 1.165) is 0 Å². The van der Waals surface area contributed by atoms with Gasteiger partial charge in [-0.3, -0.25) is 5.10 Å². The molecule has 0 amide bonds. The molecule has 0 spiro atoms. The van der Waals surface area contributed by atoms with Crippen LogP contribution in [-0.2, 0) is 16.6 Å². The molecule has 1 aromatic heterocycles. The van der Waals surface area contributed by atoms with Gasteiger partial charge in [-0.15, -0.1) is 0 Å². The average molecular weight is 367 g/mol. The Hall–Kier alpha value is -1.16. The lowest BCUT2D eigenvalue weighted by molar-refractivity contribution is 0.579. The minimum absolute atomic E-state index is 0.0127. The minimum Gasteiger partial charge on any atom is -0.398 e. The molecule has 0 aliphatic rings. The summed E-state index contributed by atoms with van der Waals surface area (Å²) in [5.74, 6) is 0.398. The molecule has 0 fully saturated rings. The molecule has 0 saturated carbocycles. The summed E-state index contributed by atoms with van der Waals surface area (Å²) in [6.45, 7) is -0.0127. The van der Waals surface area contributed by atoms with Crippen molar-refractivity contribution >= 4 is 43.2 Å². The Kier molecular flexibility index (Phi) is 4.09. The molecule has 19 heavy (non-hydrogen) atoms. The normalized spacial score (nSPS) is 11.7. The fourth-order valence-electron chi connectivity index (χ4n) is 1.34. The summed E-state index contributed by atoms with van der Waals surface area (Å²) in [6.07, 6.45) is 1.29. The molecule has 0 saturated heterocycles. The maximum Gasteiger partial charge on any atom is 0.242 e. The van der Waals surface area contributed by atoms with E-state index in [-0.39, 0.29) is 26.6 Å². The molecule has 0 bridgehead atoms. The van der Waals surface area contributed by atoms with Crippen molar-refractivity contribution in [3.05, 3.63) is 33.8 Å². The first-order valence-corrected chi connectivity index (χ1v) is 7.64. The van der Waals surface area contributed by atoms with Crippen LogP contribution in [0.25, 0.3) is 0 Å². The van der Waals surface area contributed by atoms with Crippen molar-refractivity contribution < 1.29 is 8.42 Å². The Morgan fingerprint density at radius 2 is 2.21 bits per heavy atom. The first-order chi connectivity index (χ1) is 8.90. The summed E-state index contributed by atoms with van der Waals surface area (Å²) in [4.78, 5) is 3.78. The quantitative estimate of drug-likeness (QED) is 0.705. The van der Waals surface area contributed by atoms with Crippen LogP contribution >= 0.6 is 27.5 Å². The second kappa shape index (κ2) is 5.45. The van der Waals surface area contributed by atoms with Crippen LogP contribution in [0.15, 0.2) is 27.8 Å². The van der Waals surface area contributed by atoms with E-state index in [1.165, 1.54) is 18.5 Å². The van der Waals surface area contributed by atoms with Gasteiger partial charge in [0.25, 0.3) is 0 Å². The number of nitrogens with two attached hydrogens (primary N) is 1. The van der Waals surface area contributed by atoms with E-state index in [2.05, 4.69) is 35.8 Å². The van der Waals surface area contributed by atoms with Gasteiger partial charge in [0.1, 0.15) is 12.2 Å². The fourth-order valence-corrected chi connectivity index (χ4v) is 3.61. The topological polar surface area (TPSA) is 114 Å². The largest absolute Gasteiger partial charge is 0.398 e. The van der Waals surface area contributed by atoms with Gasteiger partial charge in [-0.1, -0.05) is 11.6 Å². The second-order valence-electron chi connectivity index (χ2n) is 3.56. The number of aromatic amines is 1. The van der Waals surface area contributed by atoms with Crippen molar-refractivity contribution in [1.82, 2.24) is 19.9 Å². The molecule has 7 nitrogen and oxygen atoms in total. The van der Waals surface area contributed by atoms with Crippen LogP contribution in [0, 0.1) is 0 Å². The highest BCUT2D eigenvalue weighted by atomic mass is 79.9. The molecule has 0 unspecified atom stereocenters. The Balaban J connectivity index is 2.29. The van der Waals surface area contributed by atoms with Gasteiger partial charge in [-0.2, -0.15) is 5.10 Å². The van der Waals surface area contributed by atoms with Crippen LogP contribution in [-0.4, -0.2) is 23.6 Å². The van der Waals surface area contributed by atoms with E-state index < -0.39 is 10.0 Å². The monoisotopic (exact) mass is 365 g/mol. The number of nitrogens with zero attached hydrogens (tertiary/aromatic N) is 2. The van der Waals surface area contributed by atoms with Crippen molar-refractivity contribution in [2.24, 2.45) is 0 Å². The number of nitrogens with one attached hydrogen (secondary N) is 2. The zero-order valence-corrected chi connectivity index (χ0v) is 12.6. The third kappa shape index (κ3) is 3.24. The van der Waals surface area contributed by atoms with Crippen LogP contribution in [0.5, 0.6) is 0 Å². The first-order valence-electron chi connectivity index (χ1n) is 4.98. The molecular formula is C9H9BrClN5O2S. The highest BCUT2D eigenvalue weighted by Gasteiger charge is 2.20. The summed E-state index contributed by atoms with van der Waals surface area (Å²) in [7, 11) is -3.76. The summed E-state index contributed by atoms with van der Waals surface area (Å²) in [5.41, 5.74) is 5.90. The summed E-state index contributed by atoms with van der Waals surface area (Å²) in [5, 5.41) is 6.40. The van der Waals surface area contributed by atoms with Crippen LogP contribution in [0.3, 0.4) is 0 Å². The van der Waals surface area contributed by atoms with Crippen molar-refractivity contribution in [3.63, 3.8) is 0 Å². The van der Waals surface area contributed by atoms with Gasteiger partial charge in [0, 0.05) is 10.7 Å². The number of hydrogen-bond donors (Lipinski definition) is 3. The molecule has 1 aromatic carbocycles. The molecule has 4 N–H and O–H groups in total. The maximum atomic E-state index is 12.1. The molecule has 2 rings (SSSR count). The summed E-state index contributed by atoms with van der Waals surface area (Å²) >= 11 is 8.94. The number of rotatable bonds is 4. The van der Waals surface area contributed by atoms with E-state index in [1.54, 1.807) is 0 Å². The second-order valence-corrected chi connectivity index (χ2v) is 6.53. The standard InChI is InChI=1S/C9H9BrClN5O2S/c10-9-6(12)1-5(11)2-7(9)19(17,18)15-3-8-13-4-14-16-8/h1-2,4,15H,3,12H2,(H,13,14,16). The number of sulfonamides is 1. The molecule has 0 radical (unpaired) electrons. The van der Waals surface area contributed by atoms with Crippen LogP contribution in [0.2, 0.25) is 5.02 Å². The smallest absolute Gasteiger partial charge is 0.242 e. The highest BCUT2D eigenvalue weighted by molar-refractivity contribution is 9.10. The van der Waals surface area contributed by atoms with Gasteiger partial charge in [-0.25, -0.2) is 18.1 Å². The molecular weight excluding hydrogens is 358 g/mol. The number of H-pyrrole nitrogens is 1. The van der Waals surface area contributed by atoms with Gasteiger partial charge >= 0.3 is 0 Å². The number of benzene rings is 1. The molecule has 10 heteroatoms. The highest BCUT2D eigenvalue weighted by Crippen LogP contribution is 2.31. The van der Waals surface area contributed by atoms with Gasteiger partial charge in [-0.05, 0) is 28.1 Å². The van der Waals surface area contributed by atoms with Crippen molar-refractivity contribution in [2.45, 2.75) is 11.4 Å². The number of hydrogen-bond acceptors (Lipinski definition) is 5. The fraction of sp³-hybridized carbons (Fsp3) is 0.111. The zero-order valence-electron chi connectivity index (χ0n) is 9.39. The summed E-state index contributed by atoms with van der Waals surface area (Å²) in [6, 6.07) is 2.77. The Morgan fingerprint density at radius 1 is 1.47 bits per heavy atom. The zero-order chi connectivity index (χ0) is 14.0. The van der Waals surface area contributed by atoms with E-state index in [4.69, 9.17) is 17.3 Å². The van der Waals surface area contributed by atoms with E-state index >= 15 is 0 Å². The predicted molar refractivity (Wildman–Crippen MR) is 74.0 cm³/mol. The minimum atomic E-state index is -3.76. The lowest BCUT2D eigenvalue weighted by Gasteiger charge is -2.09. The Bertz CT molecular complexity index is 689. The number of nitrogen functional groups attached to an aromatic ring is 1. The number of anilines is 1. The average Bonchev–Trinajstić information content (AvgIpc) is 2.84. The van der Waals surface area contributed by atoms with Gasteiger partial charge in [0.15, 0.2) is 0 Å². The lowest BCUT2D eigenvalue weighted by Crippen LogP contribution is -2.24. The SMILES string of the molecule is Nc1cc(Cl)cc(S(=O)(=O)NCc2ncn[nH]2)c1Br. The lowest BCUT2D eigenvalue weighted by atomic mass is 10.3. The molecule has 0 aliphatic carbocycles. The molecule has 0 atom stereocenters. The molecule has 0 aliphatic heterocycles. The van der Waals surface area contributed by atoms with Crippen LogP contribution in [0.4, 0.5) is 5.69 Å². The van der Waals surface area contributed by atoms with Crippen LogP contribution in [0.1, 0.15) is 5.82 Å². The third-order valence-corrected chi connectivity index (χ3v) is 5.01. The predicted octanol–water partition coefficient (Wildman–Crippen LogP) is 1.28. The van der Waals surface area contributed by atoms with E-state index in [0.29, 0.717) is 5.82 Å². The van der Waals surface area contributed by atoms with Crippen molar-refractivity contribution in [3.8, 4) is 0 Å². The maximum absolute atomic E-state index is 12.1. The van der Waals surface area contributed by atoms with Crippen LogP contribution < -0.4 is 10.5 Å². The summed E-state index contributed by atoms with van der Waals surface area (Å²) < 4.78 is 26.9. The van der Waals surface area contributed by atoms with Gasteiger partial charge in [0.05, 0.1) is 15.9 Å². The molecule has 102 valence electrons. The van der Waals surface area contributed by atoms with Gasteiger partial charge < -0.3 is 5.73 Å². The first kappa shape index (κ1) is 14.3. The van der Waals surface area contributed by atoms with Crippen molar-refractivity contribution in [2.75, 3.05) is 5.73 Å².